The van der Waals surface area contributed by atoms with E-state index in [2.05, 4.69) is 42.0 Å². The summed E-state index contributed by atoms with van der Waals surface area (Å²) in [7, 11) is 1.81. The molecule has 0 radical (unpaired) electrons. The first kappa shape index (κ1) is 16.3. The van der Waals surface area contributed by atoms with Crippen molar-refractivity contribution in [1.82, 2.24) is 10.2 Å². The van der Waals surface area contributed by atoms with Crippen LogP contribution in [-0.4, -0.2) is 36.0 Å². The average Bonchev–Trinajstić information content (AvgIpc) is 2.70. The van der Waals surface area contributed by atoms with E-state index in [0.717, 1.165) is 35.3 Å². The van der Waals surface area contributed by atoms with E-state index in [0.29, 0.717) is 0 Å². The molecular formula is C16H23BrN2O2. The Kier molecular flexibility index (Phi) is 4.94. The van der Waals surface area contributed by atoms with E-state index >= 15 is 0 Å². The number of halogens is 1. The maximum atomic E-state index is 11.9. The summed E-state index contributed by atoms with van der Waals surface area (Å²) in [5.41, 5.74) is 1.18. The fourth-order valence-electron chi connectivity index (χ4n) is 2.18. The van der Waals surface area contributed by atoms with Gasteiger partial charge in [-0.3, -0.25) is 4.79 Å². The second kappa shape index (κ2) is 6.36. The number of rotatable bonds is 4. The lowest BCUT2D eigenvalue weighted by Gasteiger charge is -2.21. The van der Waals surface area contributed by atoms with Gasteiger partial charge in [-0.1, -0.05) is 15.9 Å². The Bertz CT molecular complexity index is 525. The molecule has 1 saturated heterocycles. The third-order valence-corrected chi connectivity index (χ3v) is 4.26. The molecule has 1 unspecified atom stereocenters. The van der Waals surface area contributed by atoms with E-state index in [-0.39, 0.29) is 17.6 Å². The summed E-state index contributed by atoms with van der Waals surface area (Å²) in [6, 6.07) is 5.86. The van der Waals surface area contributed by atoms with E-state index in [4.69, 9.17) is 4.74 Å². The summed E-state index contributed by atoms with van der Waals surface area (Å²) < 4.78 is 6.89. The van der Waals surface area contributed by atoms with Gasteiger partial charge in [0.25, 0.3) is 5.91 Å². The molecular weight excluding hydrogens is 332 g/mol. The quantitative estimate of drug-likeness (QED) is 0.903. The summed E-state index contributed by atoms with van der Waals surface area (Å²) in [4.78, 5) is 13.6. The predicted octanol–water partition coefficient (Wildman–Crippen LogP) is 2.95. The zero-order valence-electron chi connectivity index (χ0n) is 13.1. The highest BCUT2D eigenvalue weighted by atomic mass is 79.9. The number of carbonyl (C=O) groups excluding carboxylic acids is 1. The van der Waals surface area contributed by atoms with Crippen LogP contribution in [0.3, 0.4) is 0 Å². The van der Waals surface area contributed by atoms with Crippen molar-refractivity contribution in [2.45, 2.75) is 45.4 Å². The van der Waals surface area contributed by atoms with Crippen molar-refractivity contribution in [3.8, 4) is 5.75 Å². The molecule has 1 aromatic rings. The zero-order valence-corrected chi connectivity index (χ0v) is 14.7. The Balaban J connectivity index is 2.06. The van der Waals surface area contributed by atoms with Crippen LogP contribution in [0.4, 0.5) is 0 Å². The lowest BCUT2D eigenvalue weighted by molar-refractivity contribution is -0.132. The summed E-state index contributed by atoms with van der Waals surface area (Å²) in [6.45, 7) is 7.91. The van der Waals surface area contributed by atoms with Gasteiger partial charge in [0.15, 0.2) is 6.10 Å². The van der Waals surface area contributed by atoms with Crippen LogP contribution in [0.5, 0.6) is 5.75 Å². The fraction of sp³-hybridized carbons (Fsp3) is 0.562. The van der Waals surface area contributed by atoms with Gasteiger partial charge >= 0.3 is 0 Å². The van der Waals surface area contributed by atoms with Crippen LogP contribution >= 0.6 is 15.9 Å². The van der Waals surface area contributed by atoms with Gasteiger partial charge in [-0.15, -0.1) is 0 Å². The Morgan fingerprint density at radius 2 is 2.14 bits per heavy atom. The van der Waals surface area contributed by atoms with Crippen molar-refractivity contribution >= 4 is 21.8 Å². The number of likely N-dealkylation sites (N-methyl/N-ethyl adjacent to an activating group) is 1. The molecule has 21 heavy (non-hydrogen) atoms. The molecule has 0 spiro atoms. The molecule has 5 heteroatoms. The van der Waals surface area contributed by atoms with Crippen molar-refractivity contribution in [3.05, 3.63) is 28.2 Å². The third-order valence-electron chi connectivity index (χ3n) is 3.48. The molecule has 1 amide bonds. The summed E-state index contributed by atoms with van der Waals surface area (Å²) >= 11 is 3.56. The van der Waals surface area contributed by atoms with Gasteiger partial charge in [0.1, 0.15) is 5.75 Å². The monoisotopic (exact) mass is 354 g/mol. The molecule has 1 fully saturated rings. The van der Waals surface area contributed by atoms with Gasteiger partial charge in [0.2, 0.25) is 0 Å². The second-order valence-electron chi connectivity index (χ2n) is 6.51. The molecule has 1 aromatic carbocycles. The number of ether oxygens (including phenoxy) is 1. The predicted molar refractivity (Wildman–Crippen MR) is 87.4 cm³/mol. The highest BCUT2D eigenvalue weighted by Crippen LogP contribution is 2.25. The van der Waals surface area contributed by atoms with Gasteiger partial charge in [-0.05, 0) is 44.5 Å². The number of amides is 1. The van der Waals surface area contributed by atoms with Crippen molar-refractivity contribution in [1.29, 1.82) is 0 Å². The van der Waals surface area contributed by atoms with Crippen molar-refractivity contribution in [2.24, 2.45) is 0 Å². The number of likely N-dealkylation sites (tertiary alicyclic amines) is 1. The topological polar surface area (TPSA) is 41.6 Å². The van der Waals surface area contributed by atoms with Crippen LogP contribution in [0.2, 0.25) is 0 Å². The lowest BCUT2D eigenvalue weighted by Crippen LogP contribution is -2.35. The SMILES string of the molecule is CN1CCC(Oc2ccc(Br)c(CNC(C)(C)C)c2)C1=O. The van der Waals surface area contributed by atoms with Crippen LogP contribution in [0.15, 0.2) is 22.7 Å². The first-order chi connectivity index (χ1) is 9.76. The summed E-state index contributed by atoms with van der Waals surface area (Å²) in [5, 5.41) is 3.45. The standard InChI is InChI=1S/C16H23BrN2O2/c1-16(2,3)18-10-11-9-12(5-6-13(11)17)21-14-7-8-19(4)15(14)20/h5-6,9,14,18H,7-8,10H2,1-4H3. The van der Waals surface area contributed by atoms with Gasteiger partial charge in [-0.2, -0.15) is 0 Å². The van der Waals surface area contributed by atoms with Gasteiger partial charge < -0.3 is 15.0 Å². The number of nitrogens with one attached hydrogen (secondary N) is 1. The Hall–Kier alpha value is -1.07. The van der Waals surface area contributed by atoms with Crippen LogP contribution < -0.4 is 10.1 Å². The normalized spacial score (nSPS) is 19.2. The molecule has 1 aliphatic heterocycles. The first-order valence-corrected chi connectivity index (χ1v) is 8.01. The molecule has 0 saturated carbocycles. The zero-order chi connectivity index (χ0) is 15.6. The molecule has 4 nitrogen and oxygen atoms in total. The summed E-state index contributed by atoms with van der Waals surface area (Å²) in [5.74, 6) is 0.810. The maximum absolute atomic E-state index is 11.9. The smallest absolute Gasteiger partial charge is 0.263 e. The lowest BCUT2D eigenvalue weighted by atomic mass is 10.1. The highest BCUT2D eigenvalue weighted by molar-refractivity contribution is 9.10. The number of carbonyl (C=O) groups is 1. The molecule has 1 aliphatic rings. The maximum Gasteiger partial charge on any atom is 0.263 e. The first-order valence-electron chi connectivity index (χ1n) is 7.21. The Morgan fingerprint density at radius 3 is 2.71 bits per heavy atom. The van der Waals surface area contributed by atoms with Gasteiger partial charge in [0, 0.05) is 36.6 Å². The minimum absolute atomic E-state index is 0.0560. The molecule has 0 aliphatic carbocycles. The number of benzene rings is 1. The molecule has 0 aromatic heterocycles. The largest absolute Gasteiger partial charge is 0.481 e. The van der Waals surface area contributed by atoms with Crippen LogP contribution in [0, 0.1) is 0 Å². The molecule has 1 N–H and O–H groups in total. The number of hydrogen-bond acceptors (Lipinski definition) is 3. The minimum Gasteiger partial charge on any atom is -0.481 e. The van der Waals surface area contributed by atoms with Crippen molar-refractivity contribution < 1.29 is 9.53 Å². The average molecular weight is 355 g/mol. The van der Waals surface area contributed by atoms with Crippen LogP contribution in [0.25, 0.3) is 0 Å². The Morgan fingerprint density at radius 1 is 1.43 bits per heavy atom. The van der Waals surface area contributed by atoms with E-state index in [1.165, 1.54) is 0 Å². The molecule has 2 rings (SSSR count). The highest BCUT2D eigenvalue weighted by Gasteiger charge is 2.30. The number of nitrogens with zero attached hydrogens (tertiary/aromatic N) is 1. The molecule has 1 atom stereocenters. The second-order valence-corrected chi connectivity index (χ2v) is 7.37. The third kappa shape index (κ3) is 4.45. The van der Waals surface area contributed by atoms with Crippen molar-refractivity contribution in [2.75, 3.05) is 13.6 Å². The van der Waals surface area contributed by atoms with Gasteiger partial charge in [-0.25, -0.2) is 0 Å². The van der Waals surface area contributed by atoms with Crippen molar-refractivity contribution in [3.63, 3.8) is 0 Å². The van der Waals surface area contributed by atoms with E-state index < -0.39 is 0 Å². The molecule has 0 bridgehead atoms. The molecule has 116 valence electrons. The van der Waals surface area contributed by atoms with E-state index in [1.807, 2.05) is 25.2 Å². The van der Waals surface area contributed by atoms with E-state index in [9.17, 15) is 4.79 Å². The van der Waals surface area contributed by atoms with Crippen LogP contribution in [0.1, 0.15) is 32.8 Å². The Labute approximate surface area is 135 Å². The summed E-state index contributed by atoms with van der Waals surface area (Å²) in [6.07, 6.45) is 0.403. The van der Waals surface area contributed by atoms with E-state index in [1.54, 1.807) is 4.90 Å². The minimum atomic E-state index is -0.348. The molecule has 1 heterocycles. The van der Waals surface area contributed by atoms with Gasteiger partial charge in [0.05, 0.1) is 0 Å². The van der Waals surface area contributed by atoms with Crippen LogP contribution in [-0.2, 0) is 11.3 Å². The number of hydrogen-bond donors (Lipinski definition) is 1. The fourth-order valence-corrected chi connectivity index (χ4v) is 2.57.